The number of nitrogens with two attached hydrogens (primary N) is 1. The lowest BCUT2D eigenvalue weighted by atomic mass is 10.0. The van der Waals surface area contributed by atoms with Crippen molar-refractivity contribution in [3.8, 4) is 0 Å². The molecule has 0 heterocycles. The number of carboxylic acids is 1. The highest BCUT2D eigenvalue weighted by molar-refractivity contribution is 7.92. The number of sulfone groups is 1. The van der Waals surface area contributed by atoms with Crippen LogP contribution in [0.15, 0.2) is 29.2 Å². The molecule has 1 aromatic rings. The molecule has 0 saturated heterocycles. The Morgan fingerprint density at radius 1 is 1.24 bits per heavy atom. The molecule has 0 saturated carbocycles. The molecule has 0 aliphatic carbocycles. The van der Waals surface area contributed by atoms with Crippen molar-refractivity contribution in [2.75, 3.05) is 0 Å². The fraction of sp³-hybridized carbons (Fsp3) is 0.364. The molecule has 94 valence electrons. The van der Waals surface area contributed by atoms with Crippen LogP contribution in [0.4, 0.5) is 0 Å². The van der Waals surface area contributed by atoms with E-state index in [1.807, 2.05) is 13.8 Å². The van der Waals surface area contributed by atoms with Gasteiger partial charge in [0.05, 0.1) is 4.90 Å². The number of rotatable bonds is 4. The van der Waals surface area contributed by atoms with E-state index in [0.29, 0.717) is 0 Å². The van der Waals surface area contributed by atoms with Gasteiger partial charge in [-0.2, -0.15) is 0 Å². The maximum Gasteiger partial charge on any atom is 0.336 e. The van der Waals surface area contributed by atoms with Crippen LogP contribution < -0.4 is 5.73 Å². The zero-order valence-electron chi connectivity index (χ0n) is 9.62. The van der Waals surface area contributed by atoms with E-state index in [0.717, 1.165) is 5.56 Å². The second kappa shape index (κ2) is 4.85. The van der Waals surface area contributed by atoms with Crippen molar-refractivity contribution in [1.29, 1.82) is 0 Å². The summed E-state index contributed by atoms with van der Waals surface area (Å²) in [4.78, 5) is 10.5. The van der Waals surface area contributed by atoms with Gasteiger partial charge in [-0.25, -0.2) is 13.2 Å². The third-order valence-corrected chi connectivity index (χ3v) is 4.25. The second-order valence-electron chi connectivity index (χ2n) is 4.03. The smallest absolute Gasteiger partial charge is 0.336 e. The first kappa shape index (κ1) is 13.7. The van der Waals surface area contributed by atoms with Gasteiger partial charge < -0.3 is 10.8 Å². The molecule has 0 bridgehead atoms. The third-order valence-electron chi connectivity index (χ3n) is 2.45. The SMILES string of the molecule is CC(C)c1ccc(S(=O)(=O)C(N)C(=O)O)cc1. The highest BCUT2D eigenvalue weighted by Crippen LogP contribution is 2.19. The van der Waals surface area contributed by atoms with Gasteiger partial charge in [-0.05, 0) is 23.6 Å². The lowest BCUT2D eigenvalue weighted by Gasteiger charge is -2.10. The number of aliphatic carboxylic acids is 1. The monoisotopic (exact) mass is 257 g/mol. The summed E-state index contributed by atoms with van der Waals surface area (Å²) in [6.45, 7) is 3.96. The van der Waals surface area contributed by atoms with Gasteiger partial charge in [0.25, 0.3) is 0 Å². The summed E-state index contributed by atoms with van der Waals surface area (Å²) in [5.41, 5.74) is 6.12. The Bertz CT molecular complexity index is 505. The predicted octanol–water partition coefficient (Wildman–Crippen LogP) is 0.953. The summed E-state index contributed by atoms with van der Waals surface area (Å²) < 4.78 is 23.5. The lowest BCUT2D eigenvalue weighted by molar-refractivity contribution is -0.136. The van der Waals surface area contributed by atoms with Crippen molar-refractivity contribution in [2.45, 2.75) is 30.0 Å². The average Bonchev–Trinajstić information content (AvgIpc) is 2.27. The summed E-state index contributed by atoms with van der Waals surface area (Å²) in [7, 11) is -4.00. The van der Waals surface area contributed by atoms with Crippen molar-refractivity contribution in [2.24, 2.45) is 5.73 Å². The van der Waals surface area contributed by atoms with Crippen molar-refractivity contribution in [3.05, 3.63) is 29.8 Å². The summed E-state index contributed by atoms with van der Waals surface area (Å²) >= 11 is 0. The van der Waals surface area contributed by atoms with Gasteiger partial charge in [0.15, 0.2) is 0 Å². The molecule has 0 aliphatic rings. The molecular formula is C11H15NO4S. The van der Waals surface area contributed by atoms with Crippen LogP contribution in [0, 0.1) is 0 Å². The van der Waals surface area contributed by atoms with Crippen molar-refractivity contribution in [3.63, 3.8) is 0 Å². The van der Waals surface area contributed by atoms with Crippen LogP contribution in [0.1, 0.15) is 25.3 Å². The fourth-order valence-corrected chi connectivity index (χ4v) is 2.40. The first-order chi connectivity index (χ1) is 7.76. The largest absolute Gasteiger partial charge is 0.479 e. The maximum absolute atomic E-state index is 11.7. The van der Waals surface area contributed by atoms with Gasteiger partial charge >= 0.3 is 5.97 Å². The molecule has 3 N–H and O–H groups in total. The normalized spacial score (nSPS) is 13.6. The van der Waals surface area contributed by atoms with E-state index in [1.54, 1.807) is 12.1 Å². The van der Waals surface area contributed by atoms with Crippen molar-refractivity contribution >= 4 is 15.8 Å². The van der Waals surface area contributed by atoms with Crippen LogP contribution in [0.2, 0.25) is 0 Å². The van der Waals surface area contributed by atoms with Gasteiger partial charge in [0, 0.05) is 0 Å². The zero-order valence-corrected chi connectivity index (χ0v) is 10.4. The number of carboxylic acid groups (broad SMARTS) is 1. The first-order valence-electron chi connectivity index (χ1n) is 5.09. The predicted molar refractivity (Wildman–Crippen MR) is 63.3 cm³/mol. The Morgan fingerprint density at radius 2 is 1.71 bits per heavy atom. The number of hydrogen-bond acceptors (Lipinski definition) is 4. The molecular weight excluding hydrogens is 242 g/mol. The fourth-order valence-electron chi connectivity index (χ4n) is 1.32. The summed E-state index contributed by atoms with van der Waals surface area (Å²) in [6, 6.07) is 6.08. The lowest BCUT2D eigenvalue weighted by Crippen LogP contribution is -2.38. The highest BCUT2D eigenvalue weighted by Gasteiger charge is 2.30. The molecule has 0 radical (unpaired) electrons. The molecule has 1 atom stereocenters. The molecule has 0 fully saturated rings. The number of hydrogen-bond donors (Lipinski definition) is 2. The molecule has 1 rings (SSSR count). The van der Waals surface area contributed by atoms with Gasteiger partial charge in [0.2, 0.25) is 15.2 Å². The van der Waals surface area contributed by atoms with Crippen LogP contribution in [0.25, 0.3) is 0 Å². The molecule has 1 unspecified atom stereocenters. The molecule has 0 aliphatic heterocycles. The summed E-state index contributed by atoms with van der Waals surface area (Å²) in [5.74, 6) is -1.28. The van der Waals surface area contributed by atoms with Crippen LogP contribution >= 0.6 is 0 Å². The third kappa shape index (κ3) is 2.83. The van der Waals surface area contributed by atoms with Crippen LogP contribution in [-0.4, -0.2) is 24.9 Å². The summed E-state index contributed by atoms with van der Waals surface area (Å²) in [6.07, 6.45) is 0. The van der Waals surface area contributed by atoms with Gasteiger partial charge in [-0.15, -0.1) is 0 Å². The molecule has 6 heteroatoms. The van der Waals surface area contributed by atoms with E-state index in [2.05, 4.69) is 0 Å². The number of benzene rings is 1. The zero-order chi connectivity index (χ0) is 13.2. The Kier molecular flexibility index (Phi) is 3.90. The quantitative estimate of drug-likeness (QED) is 0.837. The molecule has 0 amide bonds. The van der Waals surface area contributed by atoms with E-state index in [4.69, 9.17) is 10.8 Å². The molecule has 5 nitrogen and oxygen atoms in total. The number of carbonyl (C=O) groups is 1. The molecule has 1 aromatic carbocycles. The Hall–Kier alpha value is -1.40. The van der Waals surface area contributed by atoms with Crippen LogP contribution in [-0.2, 0) is 14.6 Å². The van der Waals surface area contributed by atoms with Gasteiger partial charge in [-0.3, -0.25) is 0 Å². The molecule has 0 aromatic heterocycles. The minimum Gasteiger partial charge on any atom is -0.479 e. The average molecular weight is 257 g/mol. The van der Waals surface area contributed by atoms with Gasteiger partial charge in [-0.1, -0.05) is 26.0 Å². The Labute approximate surface area is 100 Å². The first-order valence-corrected chi connectivity index (χ1v) is 6.63. The topological polar surface area (TPSA) is 97.5 Å². The van der Waals surface area contributed by atoms with Crippen molar-refractivity contribution in [1.82, 2.24) is 0 Å². The second-order valence-corrected chi connectivity index (χ2v) is 6.10. The van der Waals surface area contributed by atoms with Crippen molar-refractivity contribution < 1.29 is 18.3 Å². The minimum absolute atomic E-state index is 0.0724. The van der Waals surface area contributed by atoms with Gasteiger partial charge in [0.1, 0.15) is 0 Å². The Balaban J connectivity index is 3.13. The standard InChI is InChI=1S/C11H15NO4S/c1-7(2)8-3-5-9(6-4-8)17(15,16)10(12)11(13)14/h3-7,10H,12H2,1-2H3,(H,13,14). The van der Waals surface area contributed by atoms with E-state index in [1.165, 1.54) is 12.1 Å². The van der Waals surface area contributed by atoms with E-state index >= 15 is 0 Å². The van der Waals surface area contributed by atoms with Crippen LogP contribution in [0.5, 0.6) is 0 Å². The van der Waals surface area contributed by atoms with Crippen LogP contribution in [0.3, 0.4) is 0 Å². The molecule has 0 spiro atoms. The minimum atomic E-state index is -4.00. The maximum atomic E-state index is 11.7. The van der Waals surface area contributed by atoms with E-state index < -0.39 is 21.2 Å². The molecule has 17 heavy (non-hydrogen) atoms. The van der Waals surface area contributed by atoms with E-state index in [9.17, 15) is 13.2 Å². The Morgan fingerprint density at radius 3 is 2.06 bits per heavy atom. The highest BCUT2D eigenvalue weighted by atomic mass is 32.2. The summed E-state index contributed by atoms with van der Waals surface area (Å²) in [5, 5.41) is 6.69. The van der Waals surface area contributed by atoms with E-state index in [-0.39, 0.29) is 10.8 Å².